The number of ether oxygens (including phenoxy) is 1. The van der Waals surface area contributed by atoms with Crippen LogP contribution >= 0.6 is 0 Å². The molecule has 17 heavy (non-hydrogen) atoms. The lowest BCUT2D eigenvalue weighted by molar-refractivity contribution is 0.460. The Hall–Kier alpha value is -1.88. The minimum Gasteiger partial charge on any atom is -0.457 e. The lowest BCUT2D eigenvalue weighted by atomic mass is 10.0. The van der Waals surface area contributed by atoms with Gasteiger partial charge in [-0.05, 0) is 23.3 Å². The lowest BCUT2D eigenvalue weighted by Gasteiger charge is -2.19. The van der Waals surface area contributed by atoms with Crippen LogP contribution in [0.2, 0.25) is 0 Å². The monoisotopic (exact) mass is 232 g/mol. The van der Waals surface area contributed by atoms with Crippen molar-refractivity contribution in [2.45, 2.75) is 6.42 Å². The first-order chi connectivity index (χ1) is 7.93. The third kappa shape index (κ3) is 2.62. The van der Waals surface area contributed by atoms with Crippen LogP contribution in [-0.2, 0) is 6.42 Å². The molecule has 2 aromatic rings. The molecule has 0 aliphatic carbocycles. The smallest absolute Gasteiger partial charge is 0.130 e. The van der Waals surface area contributed by atoms with E-state index < -0.39 is 0 Å². The molecule has 0 radical (unpaired) electrons. The molecule has 6 N–H and O–H groups in total. The van der Waals surface area contributed by atoms with E-state index in [0.29, 0.717) is 0 Å². The molecule has 90 valence electrons. The van der Waals surface area contributed by atoms with Crippen molar-refractivity contribution < 1.29 is 10.2 Å². The first-order valence-corrected chi connectivity index (χ1v) is 5.10. The van der Waals surface area contributed by atoms with Gasteiger partial charge in [0.1, 0.15) is 11.5 Å². The second-order valence-electron chi connectivity index (χ2n) is 3.49. The highest BCUT2D eigenvalue weighted by molar-refractivity contribution is 5.49. The molecule has 0 spiro atoms. The number of fused-ring (bicyclic) bond motifs is 2. The van der Waals surface area contributed by atoms with Gasteiger partial charge in [0, 0.05) is 6.42 Å². The van der Waals surface area contributed by atoms with Gasteiger partial charge in [0.2, 0.25) is 0 Å². The number of benzene rings is 2. The first-order valence-electron chi connectivity index (χ1n) is 5.10. The fraction of sp³-hybridized carbons (Fsp3) is 0.0769. The topological polar surface area (TPSA) is 92.8 Å². The Balaban J connectivity index is 0.000000459. The van der Waals surface area contributed by atoms with Gasteiger partial charge in [0.15, 0.2) is 0 Å². The van der Waals surface area contributed by atoms with Gasteiger partial charge in [-0.15, -0.1) is 0 Å². The van der Waals surface area contributed by atoms with Crippen molar-refractivity contribution in [1.82, 2.24) is 0 Å². The van der Waals surface area contributed by atoms with E-state index in [9.17, 15) is 0 Å². The largest absolute Gasteiger partial charge is 0.457 e. The highest BCUT2D eigenvalue weighted by Crippen LogP contribution is 2.35. The molecule has 1 aliphatic rings. The van der Waals surface area contributed by atoms with E-state index in [1.807, 2.05) is 24.3 Å². The van der Waals surface area contributed by atoms with Crippen LogP contribution in [0.3, 0.4) is 0 Å². The highest BCUT2D eigenvalue weighted by atomic mass is 16.5. The number of hydrogen-bond acceptors (Lipinski definition) is 3. The molecular formula is C13H16N2O2. The summed E-state index contributed by atoms with van der Waals surface area (Å²) in [6.45, 7) is 0. The van der Waals surface area contributed by atoms with Crippen LogP contribution in [0.5, 0.6) is 11.5 Å². The third-order valence-electron chi connectivity index (χ3n) is 2.55. The van der Waals surface area contributed by atoms with Crippen molar-refractivity contribution in [3.8, 4) is 11.5 Å². The van der Waals surface area contributed by atoms with E-state index in [2.05, 4.69) is 36.0 Å². The van der Waals surface area contributed by atoms with Gasteiger partial charge in [-0.3, -0.25) is 11.7 Å². The molecule has 1 heterocycles. The molecular weight excluding hydrogens is 216 g/mol. The Morgan fingerprint density at radius 3 is 1.65 bits per heavy atom. The molecule has 0 aromatic heterocycles. The maximum absolute atomic E-state index is 5.78. The van der Waals surface area contributed by atoms with Crippen LogP contribution in [0, 0.1) is 0 Å². The van der Waals surface area contributed by atoms with Crippen molar-refractivity contribution in [2.75, 3.05) is 0 Å². The van der Waals surface area contributed by atoms with Crippen LogP contribution < -0.4 is 16.4 Å². The van der Waals surface area contributed by atoms with E-state index in [1.54, 1.807) is 0 Å². The van der Waals surface area contributed by atoms with Gasteiger partial charge in [0.25, 0.3) is 0 Å². The van der Waals surface area contributed by atoms with Gasteiger partial charge >= 0.3 is 0 Å². The molecule has 0 amide bonds. The number of nitrogens with two attached hydrogens (primary N) is 2. The van der Waals surface area contributed by atoms with Crippen LogP contribution in [0.15, 0.2) is 48.5 Å². The van der Waals surface area contributed by atoms with E-state index in [0.717, 1.165) is 17.9 Å². The Bertz CT molecular complexity index is 399. The molecule has 4 nitrogen and oxygen atoms in total. The molecule has 0 saturated heterocycles. The van der Waals surface area contributed by atoms with Gasteiger partial charge in [0.05, 0.1) is 0 Å². The summed E-state index contributed by atoms with van der Waals surface area (Å²) >= 11 is 0. The Morgan fingerprint density at radius 2 is 1.18 bits per heavy atom. The van der Waals surface area contributed by atoms with Gasteiger partial charge < -0.3 is 10.2 Å². The average molecular weight is 232 g/mol. The normalized spacial score (nSPS) is 10.7. The van der Waals surface area contributed by atoms with E-state index in [4.69, 9.17) is 4.74 Å². The Kier molecular flexibility index (Phi) is 4.66. The second kappa shape index (κ2) is 6.00. The zero-order valence-electron chi connectivity index (χ0n) is 9.39. The summed E-state index contributed by atoms with van der Waals surface area (Å²) in [7, 11) is 0. The van der Waals surface area contributed by atoms with Gasteiger partial charge in [-0.1, -0.05) is 36.4 Å². The highest BCUT2D eigenvalue weighted by Gasteiger charge is 2.14. The molecule has 0 bridgehead atoms. The molecule has 3 rings (SSSR count). The first kappa shape index (κ1) is 13.2. The minimum absolute atomic E-state index is 0. The predicted molar refractivity (Wildman–Crippen MR) is 67.8 cm³/mol. The van der Waals surface area contributed by atoms with Crippen LogP contribution in [0.4, 0.5) is 0 Å². The second-order valence-corrected chi connectivity index (χ2v) is 3.49. The van der Waals surface area contributed by atoms with Crippen molar-refractivity contribution in [1.29, 1.82) is 0 Å². The predicted octanol–water partition coefficient (Wildman–Crippen LogP) is 1.38. The number of para-hydroxylation sites is 2. The van der Waals surface area contributed by atoms with Crippen molar-refractivity contribution in [3.63, 3.8) is 0 Å². The van der Waals surface area contributed by atoms with Crippen LogP contribution in [0.25, 0.3) is 0 Å². The maximum Gasteiger partial charge on any atom is 0.130 e. The summed E-state index contributed by atoms with van der Waals surface area (Å²) < 4.78 is 5.78. The standard InChI is InChI=1S/C13H10O.H4N2.H2O/c1-3-7-12-10(5-1)9-11-6-2-4-8-13(11)14-12;1-2;/h1-8H,9H2;1-2H2;1H2. The average Bonchev–Trinajstić information content (AvgIpc) is 2.38. The molecule has 0 atom stereocenters. The fourth-order valence-corrected chi connectivity index (χ4v) is 1.82. The molecule has 2 aromatic carbocycles. The van der Waals surface area contributed by atoms with Crippen LogP contribution in [-0.4, -0.2) is 5.48 Å². The van der Waals surface area contributed by atoms with Gasteiger partial charge in [-0.2, -0.15) is 0 Å². The van der Waals surface area contributed by atoms with Crippen molar-refractivity contribution >= 4 is 0 Å². The summed E-state index contributed by atoms with van der Waals surface area (Å²) in [5, 5.41) is 0. The molecule has 1 aliphatic heterocycles. The quantitative estimate of drug-likeness (QED) is 0.453. The summed E-state index contributed by atoms with van der Waals surface area (Å²) in [5.41, 5.74) is 2.54. The van der Waals surface area contributed by atoms with Crippen LogP contribution in [0.1, 0.15) is 11.1 Å². The van der Waals surface area contributed by atoms with Crippen molar-refractivity contribution in [3.05, 3.63) is 59.7 Å². The molecule has 0 unspecified atom stereocenters. The third-order valence-corrected chi connectivity index (χ3v) is 2.55. The van der Waals surface area contributed by atoms with E-state index >= 15 is 0 Å². The Labute approximate surface area is 100 Å². The molecule has 0 saturated carbocycles. The maximum atomic E-state index is 5.78. The lowest BCUT2D eigenvalue weighted by Crippen LogP contribution is -2.02. The molecule has 0 fully saturated rings. The summed E-state index contributed by atoms with van der Waals surface area (Å²) in [6, 6.07) is 16.4. The van der Waals surface area contributed by atoms with E-state index in [1.165, 1.54) is 11.1 Å². The summed E-state index contributed by atoms with van der Waals surface area (Å²) in [4.78, 5) is 0. The zero-order valence-corrected chi connectivity index (χ0v) is 9.39. The Morgan fingerprint density at radius 1 is 0.765 bits per heavy atom. The molecule has 4 heteroatoms. The van der Waals surface area contributed by atoms with Gasteiger partial charge in [-0.25, -0.2) is 0 Å². The number of rotatable bonds is 0. The summed E-state index contributed by atoms with van der Waals surface area (Å²) in [6.07, 6.45) is 0.979. The van der Waals surface area contributed by atoms with E-state index in [-0.39, 0.29) is 5.48 Å². The van der Waals surface area contributed by atoms with Crippen molar-refractivity contribution in [2.24, 2.45) is 11.7 Å². The fourth-order valence-electron chi connectivity index (χ4n) is 1.82. The summed E-state index contributed by atoms with van der Waals surface area (Å²) in [5.74, 6) is 9.98. The number of hydrazine groups is 1. The minimum atomic E-state index is 0. The number of hydrogen-bond donors (Lipinski definition) is 2. The SMILES string of the molecule is NN.O.c1ccc2c(c1)Cc1ccccc1O2. The zero-order chi connectivity index (χ0) is 11.4.